The van der Waals surface area contributed by atoms with Crippen LogP contribution in [0.4, 0.5) is 0 Å². The Kier molecular flexibility index (Phi) is 14.5. The highest BCUT2D eigenvalue weighted by atomic mass is 16.6. The third-order valence-electron chi connectivity index (χ3n) is 5.32. The molecule has 1 aliphatic heterocycles. The van der Waals surface area contributed by atoms with Gasteiger partial charge in [0, 0.05) is 6.61 Å². The molecule has 3 N–H and O–H groups in total. The van der Waals surface area contributed by atoms with E-state index in [1.165, 1.54) is 70.6 Å². The van der Waals surface area contributed by atoms with Crippen LogP contribution in [0, 0.1) is 0 Å². The second-order valence-electron chi connectivity index (χ2n) is 7.69. The van der Waals surface area contributed by atoms with E-state index in [9.17, 15) is 15.3 Å². The van der Waals surface area contributed by atoms with Gasteiger partial charge in [-0.05, 0) is 6.42 Å². The molecule has 156 valence electrons. The van der Waals surface area contributed by atoms with Crippen LogP contribution in [0.2, 0.25) is 0 Å². The van der Waals surface area contributed by atoms with Crippen LogP contribution in [0.5, 0.6) is 0 Å². The number of unbranched alkanes of at least 4 members (excludes halogenated alkanes) is 12. The van der Waals surface area contributed by atoms with Gasteiger partial charge >= 0.3 is 0 Å². The number of ether oxygens (including phenoxy) is 2. The summed E-state index contributed by atoms with van der Waals surface area (Å²) < 4.78 is 11.0. The van der Waals surface area contributed by atoms with Crippen LogP contribution < -0.4 is 0 Å². The van der Waals surface area contributed by atoms with E-state index in [2.05, 4.69) is 6.92 Å². The largest absolute Gasteiger partial charge is 0.394 e. The van der Waals surface area contributed by atoms with Gasteiger partial charge in [-0.15, -0.1) is 0 Å². The molecule has 1 fully saturated rings. The predicted molar refractivity (Wildman–Crippen MR) is 104 cm³/mol. The van der Waals surface area contributed by atoms with Gasteiger partial charge in [0.1, 0.15) is 24.4 Å². The van der Waals surface area contributed by atoms with Crippen LogP contribution in [0.3, 0.4) is 0 Å². The van der Waals surface area contributed by atoms with Gasteiger partial charge in [0.05, 0.1) is 13.2 Å². The third-order valence-corrected chi connectivity index (χ3v) is 5.32. The summed E-state index contributed by atoms with van der Waals surface area (Å²) in [7, 11) is 0. The number of rotatable bonds is 17. The topological polar surface area (TPSA) is 79.2 Å². The summed E-state index contributed by atoms with van der Waals surface area (Å²) in [6, 6.07) is 0. The van der Waals surface area contributed by atoms with Gasteiger partial charge in [-0.2, -0.15) is 0 Å². The summed E-state index contributed by atoms with van der Waals surface area (Å²) >= 11 is 0. The molecular weight excluding hydrogens is 332 g/mol. The van der Waals surface area contributed by atoms with Crippen molar-refractivity contribution in [3.05, 3.63) is 0 Å². The summed E-state index contributed by atoms with van der Waals surface area (Å²) in [6.45, 7) is 2.72. The second-order valence-corrected chi connectivity index (χ2v) is 7.69. The van der Waals surface area contributed by atoms with Gasteiger partial charge in [0.2, 0.25) is 0 Å². The van der Waals surface area contributed by atoms with E-state index >= 15 is 0 Å². The molecule has 0 aliphatic carbocycles. The highest BCUT2D eigenvalue weighted by Crippen LogP contribution is 2.20. The zero-order chi connectivity index (χ0) is 19.0. The third kappa shape index (κ3) is 10.2. The molecule has 1 heterocycles. The molecule has 4 atom stereocenters. The Morgan fingerprint density at radius 2 is 1.35 bits per heavy atom. The summed E-state index contributed by atoms with van der Waals surface area (Å²) in [6.07, 6.45) is 13.9. The first-order valence-electron chi connectivity index (χ1n) is 10.9. The van der Waals surface area contributed by atoms with Crippen LogP contribution in [0.25, 0.3) is 0 Å². The first-order valence-corrected chi connectivity index (χ1v) is 10.9. The second kappa shape index (κ2) is 15.8. The zero-order valence-corrected chi connectivity index (χ0v) is 16.8. The lowest BCUT2D eigenvalue weighted by Gasteiger charge is -2.24. The molecule has 0 unspecified atom stereocenters. The standard InChI is InChI=1S/C21H42O5/c1-2-3-4-5-6-7-8-9-10-11-12-13-14-15-25-19(16-22)21-20(24)18(23)17-26-21/h18-24H,2-17H2,1H3/t18-,19+,20+,21+/m0/s1. The Bertz CT molecular complexity index is 313. The van der Waals surface area contributed by atoms with E-state index in [1.807, 2.05) is 0 Å². The summed E-state index contributed by atoms with van der Waals surface area (Å²) in [5.74, 6) is 0. The van der Waals surface area contributed by atoms with Crippen molar-refractivity contribution in [1.29, 1.82) is 0 Å². The van der Waals surface area contributed by atoms with Gasteiger partial charge in [-0.25, -0.2) is 0 Å². The smallest absolute Gasteiger partial charge is 0.114 e. The minimum atomic E-state index is -0.973. The van der Waals surface area contributed by atoms with Crippen LogP contribution in [0.1, 0.15) is 90.4 Å². The molecule has 1 saturated heterocycles. The highest BCUT2D eigenvalue weighted by molar-refractivity contribution is 4.88. The van der Waals surface area contributed by atoms with Crippen molar-refractivity contribution in [2.24, 2.45) is 0 Å². The number of hydrogen-bond donors (Lipinski definition) is 3. The molecular formula is C21H42O5. The molecule has 0 spiro atoms. The first kappa shape index (κ1) is 23.8. The van der Waals surface area contributed by atoms with Gasteiger partial charge in [-0.1, -0.05) is 84.0 Å². The molecule has 0 radical (unpaired) electrons. The average molecular weight is 375 g/mol. The first-order chi connectivity index (χ1) is 12.7. The monoisotopic (exact) mass is 374 g/mol. The van der Waals surface area contributed by atoms with E-state index in [0.717, 1.165) is 12.8 Å². The van der Waals surface area contributed by atoms with Crippen LogP contribution in [0.15, 0.2) is 0 Å². The zero-order valence-electron chi connectivity index (χ0n) is 16.8. The van der Waals surface area contributed by atoms with Crippen LogP contribution >= 0.6 is 0 Å². The molecule has 0 aromatic rings. The van der Waals surface area contributed by atoms with Crippen molar-refractivity contribution in [3.8, 4) is 0 Å². The molecule has 5 nitrogen and oxygen atoms in total. The predicted octanol–water partition coefficient (Wildman–Crippen LogP) is 3.58. The van der Waals surface area contributed by atoms with Crippen LogP contribution in [-0.2, 0) is 9.47 Å². The minimum absolute atomic E-state index is 0.102. The SMILES string of the molecule is CCCCCCCCCCCCCCCO[C@H](CO)[C@H]1OC[C@H](O)[C@H]1O. The van der Waals surface area contributed by atoms with Crippen molar-refractivity contribution in [3.63, 3.8) is 0 Å². The summed E-state index contributed by atoms with van der Waals surface area (Å²) in [4.78, 5) is 0. The maximum Gasteiger partial charge on any atom is 0.114 e. The molecule has 0 saturated carbocycles. The quantitative estimate of drug-likeness (QED) is 0.339. The van der Waals surface area contributed by atoms with Crippen molar-refractivity contribution in [2.75, 3.05) is 19.8 Å². The molecule has 26 heavy (non-hydrogen) atoms. The fraction of sp³-hybridized carbons (Fsp3) is 1.00. The molecule has 1 aliphatic rings. The van der Waals surface area contributed by atoms with Crippen molar-refractivity contribution in [2.45, 2.75) is 115 Å². The van der Waals surface area contributed by atoms with Gasteiger partial charge < -0.3 is 24.8 Å². The number of aliphatic hydroxyl groups excluding tert-OH is 3. The molecule has 0 aromatic carbocycles. The molecule has 0 aromatic heterocycles. The van der Waals surface area contributed by atoms with Crippen LogP contribution in [-0.4, -0.2) is 59.6 Å². The van der Waals surface area contributed by atoms with Gasteiger partial charge in [0.25, 0.3) is 0 Å². The lowest BCUT2D eigenvalue weighted by Crippen LogP contribution is -2.42. The van der Waals surface area contributed by atoms with E-state index in [-0.39, 0.29) is 13.2 Å². The lowest BCUT2D eigenvalue weighted by molar-refractivity contribution is -0.101. The highest BCUT2D eigenvalue weighted by Gasteiger charge is 2.40. The molecule has 5 heteroatoms. The van der Waals surface area contributed by atoms with E-state index in [4.69, 9.17) is 9.47 Å². The average Bonchev–Trinajstić information content (AvgIpc) is 2.98. The molecule has 0 bridgehead atoms. The Hall–Kier alpha value is -0.200. The molecule has 0 amide bonds. The Balaban J connectivity index is 1.87. The number of aliphatic hydroxyl groups is 3. The van der Waals surface area contributed by atoms with Gasteiger partial charge in [-0.3, -0.25) is 0 Å². The van der Waals surface area contributed by atoms with Crippen molar-refractivity contribution < 1.29 is 24.8 Å². The maximum absolute atomic E-state index is 9.81. The Labute approximate surface area is 160 Å². The summed E-state index contributed by atoms with van der Waals surface area (Å²) in [5.41, 5.74) is 0. The normalized spacial score (nSPS) is 24.2. The van der Waals surface area contributed by atoms with Crippen molar-refractivity contribution in [1.82, 2.24) is 0 Å². The number of hydrogen-bond acceptors (Lipinski definition) is 5. The van der Waals surface area contributed by atoms with Gasteiger partial charge in [0.15, 0.2) is 0 Å². The lowest BCUT2D eigenvalue weighted by atomic mass is 10.0. The molecule has 1 rings (SSSR count). The maximum atomic E-state index is 9.81. The van der Waals surface area contributed by atoms with E-state index < -0.39 is 24.4 Å². The van der Waals surface area contributed by atoms with E-state index in [0.29, 0.717) is 6.61 Å². The summed E-state index contributed by atoms with van der Waals surface area (Å²) in [5, 5.41) is 28.7. The Morgan fingerprint density at radius 3 is 1.77 bits per heavy atom. The van der Waals surface area contributed by atoms with Crippen molar-refractivity contribution >= 4 is 0 Å². The fourth-order valence-corrected chi connectivity index (χ4v) is 3.56. The Morgan fingerprint density at radius 1 is 0.846 bits per heavy atom. The van der Waals surface area contributed by atoms with E-state index in [1.54, 1.807) is 0 Å². The minimum Gasteiger partial charge on any atom is -0.394 e. The fourth-order valence-electron chi connectivity index (χ4n) is 3.56.